The van der Waals surface area contributed by atoms with E-state index in [1.54, 1.807) is 18.3 Å². The van der Waals surface area contributed by atoms with E-state index in [4.69, 9.17) is 4.74 Å². The summed E-state index contributed by atoms with van der Waals surface area (Å²) in [6.45, 7) is 2.11. The van der Waals surface area contributed by atoms with Crippen LogP contribution in [-0.2, 0) is 9.53 Å². The van der Waals surface area contributed by atoms with Gasteiger partial charge in [-0.2, -0.15) is 0 Å². The molecule has 2 aromatic rings. The molecule has 94 valence electrons. The Kier molecular flexibility index (Phi) is 4.10. The smallest absolute Gasteiger partial charge is 0.306 e. The fourth-order valence-electron chi connectivity index (χ4n) is 1.78. The lowest BCUT2D eigenvalue weighted by Crippen LogP contribution is -2.07. The number of carbonyl (C=O) groups excluding carboxylic acids is 2. The average Bonchev–Trinajstić information content (AvgIpc) is 2.80. The summed E-state index contributed by atoms with van der Waals surface area (Å²) in [5.41, 5.74) is 0.708. The molecule has 1 aromatic carbocycles. The van der Waals surface area contributed by atoms with E-state index in [0.29, 0.717) is 12.2 Å². The first kappa shape index (κ1) is 12.8. The zero-order chi connectivity index (χ0) is 13.0. The molecule has 0 aliphatic carbocycles. The van der Waals surface area contributed by atoms with Crippen molar-refractivity contribution in [1.29, 1.82) is 0 Å². The topological polar surface area (TPSA) is 43.4 Å². The van der Waals surface area contributed by atoms with Gasteiger partial charge in [-0.25, -0.2) is 0 Å². The zero-order valence-corrected chi connectivity index (χ0v) is 11.0. The van der Waals surface area contributed by atoms with Crippen molar-refractivity contribution in [3.05, 3.63) is 35.2 Å². The molecule has 0 saturated carbocycles. The maximum Gasteiger partial charge on any atom is 0.306 e. The van der Waals surface area contributed by atoms with E-state index in [-0.39, 0.29) is 24.6 Å². The van der Waals surface area contributed by atoms with Crippen LogP contribution in [0.2, 0.25) is 0 Å². The van der Waals surface area contributed by atoms with Crippen molar-refractivity contribution in [3.63, 3.8) is 0 Å². The standard InChI is InChI=1S/C14H14O3S/c1-2-17-14(16)8-7-12(15)11-9-18-13-6-4-3-5-10(11)13/h3-6,9H,2,7-8H2,1H3. The summed E-state index contributed by atoms with van der Waals surface area (Å²) in [5, 5.41) is 2.83. The van der Waals surface area contributed by atoms with Gasteiger partial charge in [0.05, 0.1) is 13.0 Å². The number of carbonyl (C=O) groups is 2. The number of hydrogen-bond donors (Lipinski definition) is 0. The van der Waals surface area contributed by atoms with E-state index in [1.165, 1.54) is 0 Å². The maximum absolute atomic E-state index is 12.0. The SMILES string of the molecule is CCOC(=O)CCC(=O)c1csc2ccccc12. The first-order valence-electron chi connectivity index (χ1n) is 5.87. The van der Waals surface area contributed by atoms with Crippen LogP contribution in [0.3, 0.4) is 0 Å². The van der Waals surface area contributed by atoms with E-state index in [0.717, 1.165) is 10.1 Å². The minimum absolute atomic E-state index is 0.000466. The van der Waals surface area contributed by atoms with Crippen molar-refractivity contribution in [2.45, 2.75) is 19.8 Å². The van der Waals surface area contributed by atoms with Gasteiger partial charge in [-0.1, -0.05) is 18.2 Å². The molecule has 0 saturated heterocycles. The number of thiophene rings is 1. The molecular weight excluding hydrogens is 248 g/mol. The molecule has 0 fully saturated rings. The van der Waals surface area contributed by atoms with Gasteiger partial charge in [0.15, 0.2) is 5.78 Å². The predicted octanol–water partition coefficient (Wildman–Crippen LogP) is 3.43. The maximum atomic E-state index is 12.0. The minimum Gasteiger partial charge on any atom is -0.466 e. The molecule has 0 aliphatic heterocycles. The van der Waals surface area contributed by atoms with Gasteiger partial charge in [0.2, 0.25) is 0 Å². The van der Waals surface area contributed by atoms with Gasteiger partial charge in [0.25, 0.3) is 0 Å². The van der Waals surface area contributed by atoms with Crippen molar-refractivity contribution < 1.29 is 14.3 Å². The summed E-state index contributed by atoms with van der Waals surface area (Å²) in [7, 11) is 0. The van der Waals surface area contributed by atoms with E-state index in [9.17, 15) is 9.59 Å². The van der Waals surface area contributed by atoms with Gasteiger partial charge in [-0.3, -0.25) is 9.59 Å². The number of Topliss-reactive ketones (excluding diaryl/α,β-unsaturated/α-hetero) is 1. The van der Waals surface area contributed by atoms with Crippen LogP contribution in [0.4, 0.5) is 0 Å². The lowest BCUT2D eigenvalue weighted by Gasteiger charge is -2.01. The highest BCUT2D eigenvalue weighted by Crippen LogP contribution is 2.26. The number of benzene rings is 1. The first-order valence-corrected chi connectivity index (χ1v) is 6.75. The van der Waals surface area contributed by atoms with Gasteiger partial charge in [-0.15, -0.1) is 11.3 Å². The Hall–Kier alpha value is -1.68. The number of ether oxygens (including phenoxy) is 1. The quantitative estimate of drug-likeness (QED) is 0.612. The third kappa shape index (κ3) is 2.76. The van der Waals surface area contributed by atoms with Gasteiger partial charge in [0, 0.05) is 27.5 Å². The lowest BCUT2D eigenvalue weighted by molar-refractivity contribution is -0.143. The molecule has 3 nitrogen and oxygen atoms in total. The Morgan fingerprint density at radius 1 is 1.22 bits per heavy atom. The Morgan fingerprint density at radius 3 is 2.78 bits per heavy atom. The van der Waals surface area contributed by atoms with E-state index >= 15 is 0 Å². The second-order valence-electron chi connectivity index (χ2n) is 3.87. The highest BCUT2D eigenvalue weighted by atomic mass is 32.1. The van der Waals surface area contributed by atoms with Crippen LogP contribution < -0.4 is 0 Å². The summed E-state index contributed by atoms with van der Waals surface area (Å²) < 4.78 is 5.90. The molecule has 0 aliphatic rings. The van der Waals surface area contributed by atoms with Crippen LogP contribution in [0.5, 0.6) is 0 Å². The molecule has 2 rings (SSSR count). The number of rotatable bonds is 5. The summed E-state index contributed by atoms with van der Waals surface area (Å²) in [6, 6.07) is 7.79. The summed E-state index contributed by atoms with van der Waals surface area (Å²) in [4.78, 5) is 23.2. The summed E-state index contributed by atoms with van der Waals surface area (Å²) in [6.07, 6.45) is 0.358. The molecule has 1 aromatic heterocycles. The molecule has 0 radical (unpaired) electrons. The Morgan fingerprint density at radius 2 is 2.00 bits per heavy atom. The predicted molar refractivity (Wildman–Crippen MR) is 72.0 cm³/mol. The Labute approximate surface area is 109 Å². The van der Waals surface area contributed by atoms with Gasteiger partial charge in [-0.05, 0) is 13.0 Å². The van der Waals surface area contributed by atoms with Crippen molar-refractivity contribution in [2.75, 3.05) is 6.61 Å². The molecule has 0 amide bonds. The lowest BCUT2D eigenvalue weighted by atomic mass is 10.1. The van der Waals surface area contributed by atoms with Gasteiger partial charge >= 0.3 is 5.97 Å². The van der Waals surface area contributed by atoms with Crippen LogP contribution in [0.25, 0.3) is 10.1 Å². The van der Waals surface area contributed by atoms with Crippen LogP contribution in [0.15, 0.2) is 29.6 Å². The fourth-order valence-corrected chi connectivity index (χ4v) is 2.74. The monoisotopic (exact) mass is 262 g/mol. The van der Waals surface area contributed by atoms with Crippen molar-refractivity contribution in [2.24, 2.45) is 0 Å². The summed E-state index contributed by atoms with van der Waals surface area (Å²) in [5.74, 6) is -0.314. The highest BCUT2D eigenvalue weighted by Gasteiger charge is 2.13. The van der Waals surface area contributed by atoms with Crippen LogP contribution in [-0.4, -0.2) is 18.4 Å². The van der Waals surface area contributed by atoms with Crippen LogP contribution in [0, 0.1) is 0 Å². The Bertz CT molecular complexity index is 571. The molecule has 0 atom stereocenters. The van der Waals surface area contributed by atoms with E-state index < -0.39 is 0 Å². The number of hydrogen-bond acceptors (Lipinski definition) is 4. The van der Waals surface area contributed by atoms with Crippen molar-refractivity contribution >= 4 is 33.2 Å². The highest BCUT2D eigenvalue weighted by molar-refractivity contribution is 7.17. The number of ketones is 1. The molecule has 4 heteroatoms. The molecule has 1 heterocycles. The third-order valence-corrected chi connectivity index (χ3v) is 3.61. The molecule has 0 N–H and O–H groups in total. The van der Waals surface area contributed by atoms with Gasteiger partial charge in [0.1, 0.15) is 0 Å². The minimum atomic E-state index is -0.314. The first-order chi connectivity index (χ1) is 8.72. The van der Waals surface area contributed by atoms with Crippen molar-refractivity contribution in [3.8, 4) is 0 Å². The summed E-state index contributed by atoms with van der Waals surface area (Å²) >= 11 is 1.55. The molecular formula is C14H14O3S. The van der Waals surface area contributed by atoms with Gasteiger partial charge < -0.3 is 4.74 Å². The largest absolute Gasteiger partial charge is 0.466 e. The molecule has 18 heavy (non-hydrogen) atoms. The molecule has 0 unspecified atom stereocenters. The number of fused-ring (bicyclic) bond motifs is 1. The molecule has 0 spiro atoms. The van der Waals surface area contributed by atoms with Crippen molar-refractivity contribution in [1.82, 2.24) is 0 Å². The average molecular weight is 262 g/mol. The van der Waals surface area contributed by atoms with E-state index in [1.807, 2.05) is 29.6 Å². The second kappa shape index (κ2) is 5.78. The number of esters is 1. The van der Waals surface area contributed by atoms with Crippen LogP contribution in [0.1, 0.15) is 30.1 Å². The Balaban J connectivity index is 2.07. The van der Waals surface area contributed by atoms with E-state index in [2.05, 4.69) is 0 Å². The molecule has 0 bridgehead atoms. The second-order valence-corrected chi connectivity index (χ2v) is 4.78. The third-order valence-electron chi connectivity index (χ3n) is 2.64. The fraction of sp³-hybridized carbons (Fsp3) is 0.286. The van der Waals surface area contributed by atoms with Crippen LogP contribution >= 0.6 is 11.3 Å². The normalized spacial score (nSPS) is 10.5. The zero-order valence-electron chi connectivity index (χ0n) is 10.1.